The van der Waals surface area contributed by atoms with Gasteiger partial charge in [-0.25, -0.2) is 4.90 Å². The summed E-state index contributed by atoms with van der Waals surface area (Å²) in [6.45, 7) is 1.72. The second kappa shape index (κ2) is 10.1. The summed E-state index contributed by atoms with van der Waals surface area (Å²) in [6, 6.07) is 23.4. The minimum absolute atomic E-state index is 0.219. The van der Waals surface area contributed by atoms with Gasteiger partial charge in [0.15, 0.2) is 0 Å². The molecule has 0 aliphatic carbocycles. The monoisotopic (exact) mass is 575 g/mol. The molecule has 1 saturated heterocycles. The second-order valence-electron chi connectivity index (χ2n) is 9.48. The van der Waals surface area contributed by atoms with E-state index in [0.29, 0.717) is 26.3 Å². The maximum Gasteiger partial charge on any atom is 0.308 e. The zero-order valence-electron chi connectivity index (χ0n) is 20.7. The van der Waals surface area contributed by atoms with Gasteiger partial charge in [-0.3, -0.25) is 23.7 Å². The normalized spacial score (nSPS) is 20.1. The molecule has 39 heavy (non-hydrogen) atoms. The van der Waals surface area contributed by atoms with Crippen LogP contribution in [0.4, 0.5) is 11.4 Å². The van der Waals surface area contributed by atoms with Crippen LogP contribution in [-0.4, -0.2) is 27.5 Å². The Morgan fingerprint density at radius 3 is 2.31 bits per heavy atom. The largest absolute Gasteiger partial charge is 0.325 e. The first-order valence-electron chi connectivity index (χ1n) is 12.3. The minimum Gasteiger partial charge on any atom is -0.325 e. The van der Waals surface area contributed by atoms with Crippen LogP contribution in [0.15, 0.2) is 88.7 Å². The number of nitrogens with zero attached hydrogens (tertiary/aromatic N) is 2. The molecule has 7 nitrogen and oxygen atoms in total. The maximum absolute atomic E-state index is 13.9. The predicted molar refractivity (Wildman–Crippen MR) is 154 cm³/mol. The number of benzene rings is 3. The Kier molecular flexibility index (Phi) is 6.66. The molecule has 6 rings (SSSR count). The molecule has 1 aromatic heterocycles. The smallest absolute Gasteiger partial charge is 0.308 e. The molecule has 0 bridgehead atoms. The number of aryl methyl sites for hydroxylation is 1. The van der Waals surface area contributed by atoms with Crippen LogP contribution in [-0.2, 0) is 20.9 Å². The first-order valence-corrected chi connectivity index (χ1v) is 14.3. The number of carbonyl (C=O) groups excluding carboxylic acids is 3. The van der Waals surface area contributed by atoms with Gasteiger partial charge in [0.2, 0.25) is 17.7 Å². The van der Waals surface area contributed by atoms with Gasteiger partial charge in [0.05, 0.1) is 16.6 Å². The SMILES string of the molecule is Cc1ccc(N2C(=O)C3Sc4c(sc(=O)n4CC(=O)Nc4ccc(Cl)cc4)[C@@H](c4ccccc4)C3C2=O)cc1. The Labute approximate surface area is 237 Å². The van der Waals surface area contributed by atoms with Crippen molar-refractivity contribution in [2.24, 2.45) is 5.92 Å². The van der Waals surface area contributed by atoms with Crippen LogP contribution < -0.4 is 15.1 Å². The fraction of sp³-hybridized carbons (Fsp3) is 0.172. The number of hydrogen-bond donors (Lipinski definition) is 1. The second-order valence-corrected chi connectivity index (χ2v) is 12.0. The summed E-state index contributed by atoms with van der Waals surface area (Å²) in [5.41, 5.74) is 2.96. The quantitative estimate of drug-likeness (QED) is 0.326. The van der Waals surface area contributed by atoms with Crippen molar-refractivity contribution in [3.05, 3.63) is 110 Å². The van der Waals surface area contributed by atoms with Crippen LogP contribution in [0.5, 0.6) is 0 Å². The van der Waals surface area contributed by atoms with Crippen LogP contribution in [0.1, 0.15) is 21.9 Å². The highest BCUT2D eigenvalue weighted by Gasteiger charge is 2.56. The first-order chi connectivity index (χ1) is 18.8. The van der Waals surface area contributed by atoms with E-state index in [-0.39, 0.29) is 29.1 Å². The molecule has 3 heterocycles. The molecule has 2 aliphatic heterocycles. The van der Waals surface area contributed by atoms with E-state index >= 15 is 0 Å². The molecule has 2 unspecified atom stereocenters. The van der Waals surface area contributed by atoms with Gasteiger partial charge in [-0.15, -0.1) is 0 Å². The lowest BCUT2D eigenvalue weighted by Crippen LogP contribution is -2.33. The zero-order valence-corrected chi connectivity index (χ0v) is 23.1. The van der Waals surface area contributed by atoms with Crippen molar-refractivity contribution >= 4 is 63.8 Å². The average molecular weight is 576 g/mol. The van der Waals surface area contributed by atoms with Gasteiger partial charge in [-0.05, 0) is 48.9 Å². The molecular weight excluding hydrogens is 554 g/mol. The highest BCUT2D eigenvalue weighted by molar-refractivity contribution is 8.00. The van der Waals surface area contributed by atoms with Gasteiger partial charge in [0.1, 0.15) is 11.8 Å². The Bertz CT molecular complexity index is 1650. The van der Waals surface area contributed by atoms with Crippen LogP contribution in [0.25, 0.3) is 0 Å². The van der Waals surface area contributed by atoms with E-state index in [2.05, 4.69) is 5.32 Å². The minimum atomic E-state index is -0.726. The fourth-order valence-corrected chi connectivity index (χ4v) is 8.00. The van der Waals surface area contributed by atoms with Gasteiger partial charge >= 0.3 is 4.87 Å². The van der Waals surface area contributed by atoms with E-state index in [4.69, 9.17) is 11.6 Å². The summed E-state index contributed by atoms with van der Waals surface area (Å²) >= 11 is 8.17. The molecule has 1 fully saturated rings. The molecule has 2 aliphatic rings. The first kappa shape index (κ1) is 25.6. The summed E-state index contributed by atoms with van der Waals surface area (Å²) in [5.74, 6) is -2.14. The van der Waals surface area contributed by atoms with Gasteiger partial charge in [0, 0.05) is 21.5 Å². The number of carbonyl (C=O) groups is 3. The maximum atomic E-state index is 13.9. The molecule has 0 spiro atoms. The third kappa shape index (κ3) is 4.60. The van der Waals surface area contributed by atoms with Crippen molar-refractivity contribution in [1.29, 1.82) is 0 Å². The van der Waals surface area contributed by atoms with E-state index < -0.39 is 17.1 Å². The standard InChI is InChI=1S/C29H22ClN3O4S2/c1-16-7-13-20(14-8-16)33-26(35)23-22(17-5-3-2-4-6-17)25-28(38-24(23)27(33)36)32(29(37)39-25)15-21(34)31-19-11-9-18(30)10-12-19/h2-14,22-24H,15H2,1H3,(H,31,34)/t22-,23?,24?/m0/s1. The number of nitrogens with one attached hydrogen (secondary N) is 1. The predicted octanol–water partition coefficient (Wildman–Crippen LogP) is 5.31. The molecule has 196 valence electrons. The number of imide groups is 1. The van der Waals surface area contributed by atoms with E-state index in [0.717, 1.165) is 22.5 Å². The average Bonchev–Trinajstić information content (AvgIpc) is 3.37. The van der Waals surface area contributed by atoms with E-state index in [1.165, 1.54) is 21.2 Å². The lowest BCUT2D eigenvalue weighted by Gasteiger charge is -2.30. The molecule has 0 radical (unpaired) electrons. The van der Waals surface area contributed by atoms with E-state index in [1.807, 2.05) is 49.4 Å². The van der Waals surface area contributed by atoms with Crippen molar-refractivity contribution < 1.29 is 14.4 Å². The zero-order chi connectivity index (χ0) is 27.3. The van der Waals surface area contributed by atoms with Gasteiger partial charge < -0.3 is 5.32 Å². The highest BCUT2D eigenvalue weighted by Crippen LogP contribution is 2.53. The molecule has 1 N–H and O–H groups in total. The third-order valence-corrected chi connectivity index (χ3v) is 9.79. The summed E-state index contributed by atoms with van der Waals surface area (Å²) < 4.78 is 1.41. The molecule has 10 heteroatoms. The van der Waals surface area contributed by atoms with Crippen LogP contribution in [0, 0.1) is 12.8 Å². The summed E-state index contributed by atoms with van der Waals surface area (Å²) in [4.78, 5) is 55.4. The fourth-order valence-electron chi connectivity index (χ4n) is 5.10. The van der Waals surface area contributed by atoms with Crippen molar-refractivity contribution in [3.63, 3.8) is 0 Å². The Morgan fingerprint density at radius 2 is 1.62 bits per heavy atom. The van der Waals surface area contributed by atoms with Crippen molar-refractivity contribution in [2.45, 2.75) is 29.7 Å². The number of hydrogen-bond acceptors (Lipinski definition) is 6. The molecular formula is C29H22ClN3O4S2. The molecule has 4 aromatic rings. The summed E-state index contributed by atoms with van der Waals surface area (Å²) in [6.07, 6.45) is 0. The van der Waals surface area contributed by atoms with Crippen molar-refractivity contribution in [2.75, 3.05) is 10.2 Å². The van der Waals surface area contributed by atoms with Crippen LogP contribution in [0.3, 0.4) is 0 Å². The van der Waals surface area contributed by atoms with Gasteiger partial charge in [0.25, 0.3) is 0 Å². The lowest BCUT2D eigenvalue weighted by atomic mass is 9.83. The molecule has 3 atom stereocenters. The molecule has 3 amide bonds. The number of aromatic nitrogens is 1. The number of amides is 3. The Morgan fingerprint density at radius 1 is 0.923 bits per heavy atom. The van der Waals surface area contributed by atoms with Gasteiger partial charge in [-0.2, -0.15) is 0 Å². The van der Waals surface area contributed by atoms with E-state index in [9.17, 15) is 19.2 Å². The third-order valence-electron chi connectivity index (χ3n) is 6.93. The number of thiazole rings is 1. The highest BCUT2D eigenvalue weighted by atomic mass is 35.5. The number of thioether (sulfide) groups is 1. The Hall–Kier alpha value is -3.66. The summed E-state index contributed by atoms with van der Waals surface area (Å²) in [7, 11) is 0. The topological polar surface area (TPSA) is 88.5 Å². The van der Waals surface area contributed by atoms with E-state index in [1.54, 1.807) is 36.4 Å². The van der Waals surface area contributed by atoms with Crippen molar-refractivity contribution in [3.8, 4) is 0 Å². The number of rotatable bonds is 5. The number of fused-ring (bicyclic) bond motifs is 2. The number of anilines is 2. The molecule has 0 saturated carbocycles. The Balaban J connectivity index is 1.39. The lowest BCUT2D eigenvalue weighted by molar-refractivity contribution is -0.122. The van der Waals surface area contributed by atoms with Gasteiger partial charge in [-0.1, -0.05) is 82.7 Å². The van der Waals surface area contributed by atoms with Crippen LogP contribution >= 0.6 is 34.7 Å². The number of halogens is 1. The van der Waals surface area contributed by atoms with Crippen molar-refractivity contribution in [1.82, 2.24) is 4.57 Å². The molecule has 3 aromatic carbocycles. The summed E-state index contributed by atoms with van der Waals surface area (Å²) in [5, 5.41) is 3.16. The van der Waals surface area contributed by atoms with Crippen LogP contribution in [0.2, 0.25) is 5.02 Å².